The number of carbonyl (C=O) groups excluding carboxylic acids is 3. The van der Waals surface area contributed by atoms with E-state index >= 15 is 0 Å². The first-order valence-electron chi connectivity index (χ1n) is 8.41. The molecule has 0 aliphatic heterocycles. The number of carbonyl (C=O) groups is 3. The third-order valence-corrected chi connectivity index (χ3v) is 3.86. The number of benzene rings is 2. The Morgan fingerprint density at radius 2 is 1.70 bits per heavy atom. The Bertz CT molecular complexity index is 833. The van der Waals surface area contributed by atoms with Gasteiger partial charge in [0.15, 0.2) is 6.61 Å². The molecule has 0 heterocycles. The molecule has 142 valence electrons. The lowest BCUT2D eigenvalue weighted by atomic mass is 10.1. The molecule has 2 aromatic carbocycles. The molecule has 0 aliphatic carbocycles. The largest absolute Gasteiger partial charge is 0.462 e. The number of nitrogens with one attached hydrogen (secondary N) is 1. The average molecular weight is 390 g/mol. The molecule has 0 saturated carbocycles. The minimum atomic E-state index is -0.593. The number of rotatable bonds is 7. The lowest BCUT2D eigenvalue weighted by Crippen LogP contribution is -2.21. The molecule has 0 radical (unpaired) electrons. The van der Waals surface area contributed by atoms with E-state index in [2.05, 4.69) is 5.32 Å². The van der Waals surface area contributed by atoms with E-state index in [1.54, 1.807) is 30.3 Å². The second kappa shape index (κ2) is 9.73. The van der Waals surface area contributed by atoms with Crippen LogP contribution in [0.25, 0.3) is 0 Å². The standard InChI is InChI=1S/C20H20ClNO5/c1-3-10-26-20(25)16-11-15(8-9-17(16)21)22-18(23)12-27-19(24)14-6-4-13(2)5-7-14/h4-9,11H,3,10,12H2,1-2H3,(H,22,23). The first kappa shape index (κ1) is 20.5. The Hall–Kier alpha value is -2.86. The van der Waals surface area contributed by atoms with Crippen molar-refractivity contribution in [2.75, 3.05) is 18.5 Å². The molecular formula is C20H20ClNO5. The van der Waals surface area contributed by atoms with Crippen molar-refractivity contribution in [3.63, 3.8) is 0 Å². The Morgan fingerprint density at radius 1 is 1.00 bits per heavy atom. The average Bonchev–Trinajstić information content (AvgIpc) is 2.66. The van der Waals surface area contributed by atoms with E-state index in [9.17, 15) is 14.4 Å². The van der Waals surface area contributed by atoms with Crippen LogP contribution < -0.4 is 5.32 Å². The minimum Gasteiger partial charge on any atom is -0.462 e. The second-order valence-electron chi connectivity index (χ2n) is 5.82. The predicted octanol–water partition coefficient (Wildman–Crippen LogP) is 4.01. The number of amides is 1. The van der Waals surface area contributed by atoms with Crippen molar-refractivity contribution in [3.8, 4) is 0 Å². The Kier molecular flexibility index (Phi) is 7.37. The molecule has 0 aromatic heterocycles. The zero-order valence-corrected chi connectivity index (χ0v) is 15.8. The van der Waals surface area contributed by atoms with Crippen molar-refractivity contribution in [1.29, 1.82) is 0 Å². The lowest BCUT2D eigenvalue weighted by Gasteiger charge is -2.10. The summed E-state index contributed by atoms with van der Waals surface area (Å²) in [6, 6.07) is 11.3. The maximum atomic E-state index is 12.0. The molecular weight excluding hydrogens is 370 g/mol. The molecule has 0 unspecified atom stereocenters. The maximum absolute atomic E-state index is 12.0. The van der Waals surface area contributed by atoms with Gasteiger partial charge in [-0.25, -0.2) is 9.59 Å². The quantitative estimate of drug-likeness (QED) is 0.723. The van der Waals surface area contributed by atoms with Crippen LogP contribution in [0.4, 0.5) is 5.69 Å². The molecule has 0 spiro atoms. The molecule has 1 N–H and O–H groups in total. The number of aryl methyl sites for hydroxylation is 1. The Morgan fingerprint density at radius 3 is 2.37 bits per heavy atom. The first-order chi connectivity index (χ1) is 12.9. The van der Waals surface area contributed by atoms with Gasteiger partial charge in [-0.15, -0.1) is 0 Å². The van der Waals surface area contributed by atoms with Gasteiger partial charge >= 0.3 is 11.9 Å². The molecule has 27 heavy (non-hydrogen) atoms. The maximum Gasteiger partial charge on any atom is 0.339 e. The third kappa shape index (κ3) is 6.11. The number of hydrogen-bond acceptors (Lipinski definition) is 5. The fourth-order valence-corrected chi connectivity index (χ4v) is 2.33. The summed E-state index contributed by atoms with van der Waals surface area (Å²) in [5, 5.41) is 2.78. The van der Waals surface area contributed by atoms with E-state index in [1.807, 2.05) is 13.8 Å². The summed E-state index contributed by atoms with van der Waals surface area (Å²) in [5.41, 5.74) is 1.87. The van der Waals surface area contributed by atoms with E-state index in [-0.39, 0.29) is 17.2 Å². The van der Waals surface area contributed by atoms with Gasteiger partial charge < -0.3 is 14.8 Å². The van der Waals surface area contributed by atoms with Crippen LogP contribution in [0.5, 0.6) is 0 Å². The fraction of sp³-hybridized carbons (Fsp3) is 0.250. The molecule has 1 amide bonds. The summed E-state index contributed by atoms with van der Waals surface area (Å²) in [6.45, 7) is 3.61. The highest BCUT2D eigenvalue weighted by atomic mass is 35.5. The summed E-state index contributed by atoms with van der Waals surface area (Å²) in [6.07, 6.45) is 0.687. The summed E-state index contributed by atoms with van der Waals surface area (Å²) in [7, 11) is 0. The number of ether oxygens (including phenoxy) is 2. The highest BCUT2D eigenvalue weighted by Gasteiger charge is 2.15. The molecule has 0 bridgehead atoms. The summed E-state index contributed by atoms with van der Waals surface area (Å²) in [5.74, 6) is -1.69. The van der Waals surface area contributed by atoms with Gasteiger partial charge in [0.1, 0.15) is 0 Å². The van der Waals surface area contributed by atoms with Crippen molar-refractivity contribution in [3.05, 3.63) is 64.2 Å². The smallest absolute Gasteiger partial charge is 0.339 e. The van der Waals surface area contributed by atoms with Gasteiger partial charge in [0.05, 0.1) is 22.8 Å². The summed E-state index contributed by atoms with van der Waals surface area (Å²) < 4.78 is 10.0. The second-order valence-corrected chi connectivity index (χ2v) is 6.23. The third-order valence-electron chi connectivity index (χ3n) is 3.53. The van der Waals surface area contributed by atoms with Gasteiger partial charge in [-0.1, -0.05) is 36.2 Å². The molecule has 0 aliphatic rings. The molecule has 7 heteroatoms. The van der Waals surface area contributed by atoms with E-state index in [1.165, 1.54) is 12.1 Å². The van der Waals surface area contributed by atoms with Crippen molar-refractivity contribution in [2.45, 2.75) is 20.3 Å². The number of hydrogen-bond donors (Lipinski definition) is 1. The van der Waals surface area contributed by atoms with Crippen molar-refractivity contribution >= 4 is 35.1 Å². The first-order valence-corrected chi connectivity index (χ1v) is 8.78. The molecule has 0 fully saturated rings. The topological polar surface area (TPSA) is 81.7 Å². The zero-order chi connectivity index (χ0) is 19.8. The normalized spacial score (nSPS) is 10.2. The highest BCUT2D eigenvalue weighted by molar-refractivity contribution is 6.33. The van der Waals surface area contributed by atoms with Crippen LogP contribution >= 0.6 is 11.6 Å². The summed E-state index contributed by atoms with van der Waals surface area (Å²) >= 11 is 6.01. The van der Waals surface area contributed by atoms with Crippen LogP contribution in [-0.4, -0.2) is 31.1 Å². The molecule has 2 rings (SSSR count). The van der Waals surface area contributed by atoms with Crippen LogP contribution in [0.15, 0.2) is 42.5 Å². The molecule has 2 aromatic rings. The van der Waals surface area contributed by atoms with Gasteiger partial charge in [0.2, 0.25) is 0 Å². The summed E-state index contributed by atoms with van der Waals surface area (Å²) in [4.78, 5) is 35.9. The van der Waals surface area contributed by atoms with Crippen LogP contribution in [0.3, 0.4) is 0 Å². The van der Waals surface area contributed by atoms with Gasteiger partial charge in [-0.3, -0.25) is 4.79 Å². The Balaban J connectivity index is 1.94. The van der Waals surface area contributed by atoms with E-state index < -0.39 is 24.5 Å². The van der Waals surface area contributed by atoms with Crippen LogP contribution in [0.1, 0.15) is 39.6 Å². The fourth-order valence-electron chi connectivity index (χ4n) is 2.13. The number of anilines is 1. The SMILES string of the molecule is CCCOC(=O)c1cc(NC(=O)COC(=O)c2ccc(C)cc2)ccc1Cl. The zero-order valence-electron chi connectivity index (χ0n) is 15.1. The minimum absolute atomic E-state index is 0.152. The van der Waals surface area contributed by atoms with Gasteiger partial charge in [-0.05, 0) is 43.7 Å². The van der Waals surface area contributed by atoms with E-state index in [0.717, 1.165) is 5.56 Å². The number of esters is 2. The number of halogens is 1. The van der Waals surface area contributed by atoms with Crippen LogP contribution in [0.2, 0.25) is 5.02 Å². The molecule has 6 nitrogen and oxygen atoms in total. The van der Waals surface area contributed by atoms with Gasteiger partial charge in [0.25, 0.3) is 5.91 Å². The van der Waals surface area contributed by atoms with E-state index in [0.29, 0.717) is 17.7 Å². The van der Waals surface area contributed by atoms with Gasteiger partial charge in [-0.2, -0.15) is 0 Å². The van der Waals surface area contributed by atoms with Crippen molar-refractivity contribution in [2.24, 2.45) is 0 Å². The Labute approximate surface area is 162 Å². The molecule has 0 atom stereocenters. The van der Waals surface area contributed by atoms with Crippen LogP contribution in [-0.2, 0) is 14.3 Å². The van der Waals surface area contributed by atoms with Crippen molar-refractivity contribution < 1.29 is 23.9 Å². The van der Waals surface area contributed by atoms with Crippen molar-refractivity contribution in [1.82, 2.24) is 0 Å². The lowest BCUT2D eigenvalue weighted by molar-refractivity contribution is -0.119. The monoisotopic (exact) mass is 389 g/mol. The molecule has 0 saturated heterocycles. The van der Waals surface area contributed by atoms with Crippen LogP contribution in [0, 0.1) is 6.92 Å². The highest BCUT2D eigenvalue weighted by Crippen LogP contribution is 2.21. The van der Waals surface area contributed by atoms with E-state index in [4.69, 9.17) is 21.1 Å². The predicted molar refractivity (Wildman–Crippen MR) is 102 cm³/mol. The van der Waals surface area contributed by atoms with Gasteiger partial charge in [0, 0.05) is 5.69 Å².